The zero-order chi connectivity index (χ0) is 10.4. The van der Waals surface area contributed by atoms with E-state index in [4.69, 9.17) is 5.41 Å². The number of allylic oxidation sites excluding steroid dienone is 2. The Balaban J connectivity index is 2.42. The molecule has 0 amide bonds. The van der Waals surface area contributed by atoms with E-state index in [2.05, 4.69) is 24.0 Å². The minimum Gasteiger partial charge on any atom is -0.306 e. The molecule has 2 nitrogen and oxygen atoms in total. The number of nitrogens with zero attached hydrogens (tertiary/aromatic N) is 1. The van der Waals surface area contributed by atoms with Crippen LogP contribution in [0.3, 0.4) is 0 Å². The van der Waals surface area contributed by atoms with Crippen LogP contribution in [0.2, 0.25) is 0 Å². The predicted octanol–water partition coefficient (Wildman–Crippen LogP) is 2.62. The van der Waals surface area contributed by atoms with Gasteiger partial charge in [-0.1, -0.05) is 12.2 Å². The first-order valence-electron chi connectivity index (χ1n) is 5.33. The summed E-state index contributed by atoms with van der Waals surface area (Å²) in [5.41, 5.74) is 1.93. The van der Waals surface area contributed by atoms with E-state index in [9.17, 15) is 0 Å². The van der Waals surface area contributed by atoms with Crippen molar-refractivity contribution in [3.05, 3.63) is 23.8 Å². The van der Waals surface area contributed by atoms with Gasteiger partial charge in [0.1, 0.15) is 0 Å². The molecule has 0 aromatic heterocycles. The maximum atomic E-state index is 7.32. The van der Waals surface area contributed by atoms with Gasteiger partial charge in [-0.2, -0.15) is 0 Å². The van der Waals surface area contributed by atoms with Gasteiger partial charge >= 0.3 is 0 Å². The number of likely N-dealkylation sites (tertiary alicyclic amines) is 1. The Kier molecular flexibility index (Phi) is 4.60. The van der Waals surface area contributed by atoms with Gasteiger partial charge in [0.2, 0.25) is 0 Å². The lowest BCUT2D eigenvalue weighted by Gasteiger charge is -2.14. The quantitative estimate of drug-likeness (QED) is 0.538. The zero-order valence-electron chi connectivity index (χ0n) is 9.21. The van der Waals surface area contributed by atoms with Gasteiger partial charge in [-0.05, 0) is 51.4 Å². The molecule has 0 aromatic rings. The smallest absolute Gasteiger partial charge is 0.0283 e. The summed E-state index contributed by atoms with van der Waals surface area (Å²) in [5.74, 6) is 0. The van der Waals surface area contributed by atoms with E-state index in [1.807, 2.05) is 6.08 Å². The fraction of sp³-hybridized carbons (Fsp3) is 0.583. The number of rotatable bonds is 4. The molecule has 1 heterocycles. The van der Waals surface area contributed by atoms with Crippen molar-refractivity contribution in [1.82, 2.24) is 4.90 Å². The zero-order valence-corrected chi connectivity index (χ0v) is 9.21. The van der Waals surface area contributed by atoms with Crippen molar-refractivity contribution in [3.8, 4) is 0 Å². The Morgan fingerprint density at radius 3 is 2.43 bits per heavy atom. The van der Waals surface area contributed by atoms with Gasteiger partial charge < -0.3 is 5.41 Å². The fourth-order valence-corrected chi connectivity index (χ4v) is 1.67. The van der Waals surface area contributed by atoms with Crippen LogP contribution in [-0.2, 0) is 0 Å². The number of hydrogen-bond acceptors (Lipinski definition) is 2. The first kappa shape index (κ1) is 11.2. The Morgan fingerprint density at radius 2 is 1.93 bits per heavy atom. The van der Waals surface area contributed by atoms with Crippen molar-refractivity contribution in [2.75, 3.05) is 19.6 Å². The van der Waals surface area contributed by atoms with E-state index in [1.165, 1.54) is 31.5 Å². The Morgan fingerprint density at radius 1 is 1.29 bits per heavy atom. The third-order valence-corrected chi connectivity index (χ3v) is 2.52. The Bertz CT molecular complexity index is 245. The van der Waals surface area contributed by atoms with Crippen molar-refractivity contribution < 1.29 is 0 Å². The van der Waals surface area contributed by atoms with Crippen LogP contribution < -0.4 is 0 Å². The SMILES string of the molecule is C/C=C(\C=C/C(C)=N)CN1CCCC1. The maximum Gasteiger partial charge on any atom is 0.0283 e. The lowest BCUT2D eigenvalue weighted by Crippen LogP contribution is -2.21. The molecule has 0 spiro atoms. The molecule has 2 heteroatoms. The third kappa shape index (κ3) is 3.88. The molecule has 0 radical (unpaired) electrons. The highest BCUT2D eigenvalue weighted by molar-refractivity contribution is 5.90. The van der Waals surface area contributed by atoms with Crippen LogP contribution in [0.1, 0.15) is 26.7 Å². The van der Waals surface area contributed by atoms with Crippen molar-refractivity contribution in [2.45, 2.75) is 26.7 Å². The summed E-state index contributed by atoms with van der Waals surface area (Å²) in [5, 5.41) is 7.32. The summed E-state index contributed by atoms with van der Waals surface area (Å²) in [6, 6.07) is 0. The monoisotopic (exact) mass is 192 g/mol. The van der Waals surface area contributed by atoms with Gasteiger partial charge in [0.25, 0.3) is 0 Å². The van der Waals surface area contributed by atoms with E-state index in [0.717, 1.165) is 6.54 Å². The average molecular weight is 192 g/mol. The van der Waals surface area contributed by atoms with E-state index < -0.39 is 0 Å². The van der Waals surface area contributed by atoms with Crippen molar-refractivity contribution >= 4 is 5.71 Å². The maximum absolute atomic E-state index is 7.32. The molecule has 1 N–H and O–H groups in total. The van der Waals surface area contributed by atoms with Gasteiger partial charge in [-0.15, -0.1) is 0 Å². The van der Waals surface area contributed by atoms with Crippen LogP contribution >= 0.6 is 0 Å². The highest BCUT2D eigenvalue weighted by Crippen LogP contribution is 2.10. The predicted molar refractivity (Wildman–Crippen MR) is 62.0 cm³/mol. The Labute approximate surface area is 86.8 Å². The lowest BCUT2D eigenvalue weighted by molar-refractivity contribution is 0.371. The van der Waals surface area contributed by atoms with Crippen molar-refractivity contribution in [3.63, 3.8) is 0 Å². The first-order valence-corrected chi connectivity index (χ1v) is 5.33. The van der Waals surface area contributed by atoms with Crippen LogP contribution in [0.4, 0.5) is 0 Å². The summed E-state index contributed by atoms with van der Waals surface area (Å²) in [7, 11) is 0. The molecule has 0 bridgehead atoms. The second-order valence-corrected chi connectivity index (χ2v) is 3.86. The molecule has 0 saturated carbocycles. The van der Waals surface area contributed by atoms with Gasteiger partial charge in [-0.3, -0.25) is 4.90 Å². The molecule has 0 unspecified atom stereocenters. The molecule has 0 atom stereocenters. The number of nitrogens with one attached hydrogen (secondary N) is 1. The second kappa shape index (κ2) is 5.76. The van der Waals surface area contributed by atoms with Gasteiger partial charge in [0, 0.05) is 12.3 Å². The summed E-state index contributed by atoms with van der Waals surface area (Å²) in [6.07, 6.45) is 8.73. The van der Waals surface area contributed by atoms with Crippen LogP contribution in [-0.4, -0.2) is 30.2 Å². The molecule has 0 aliphatic carbocycles. The van der Waals surface area contributed by atoms with Crippen LogP contribution in [0.5, 0.6) is 0 Å². The fourth-order valence-electron chi connectivity index (χ4n) is 1.67. The molecular weight excluding hydrogens is 172 g/mol. The van der Waals surface area contributed by atoms with E-state index in [0.29, 0.717) is 5.71 Å². The van der Waals surface area contributed by atoms with Crippen LogP contribution in [0.25, 0.3) is 0 Å². The highest BCUT2D eigenvalue weighted by atomic mass is 15.1. The number of hydrogen-bond donors (Lipinski definition) is 1. The van der Waals surface area contributed by atoms with Crippen LogP contribution in [0.15, 0.2) is 23.8 Å². The summed E-state index contributed by atoms with van der Waals surface area (Å²) < 4.78 is 0. The van der Waals surface area contributed by atoms with E-state index in [1.54, 1.807) is 6.92 Å². The second-order valence-electron chi connectivity index (χ2n) is 3.86. The van der Waals surface area contributed by atoms with Gasteiger partial charge in [0.15, 0.2) is 0 Å². The molecule has 1 aliphatic heterocycles. The van der Waals surface area contributed by atoms with E-state index >= 15 is 0 Å². The molecule has 1 fully saturated rings. The molecule has 1 rings (SSSR count). The third-order valence-electron chi connectivity index (χ3n) is 2.52. The summed E-state index contributed by atoms with van der Waals surface area (Å²) in [6.45, 7) is 7.37. The first-order chi connectivity index (χ1) is 6.72. The molecular formula is C12H20N2. The van der Waals surface area contributed by atoms with Gasteiger partial charge in [-0.25, -0.2) is 0 Å². The molecule has 1 aliphatic rings. The minimum atomic E-state index is 0.616. The van der Waals surface area contributed by atoms with Gasteiger partial charge in [0.05, 0.1) is 0 Å². The normalized spacial score (nSPS) is 19.4. The van der Waals surface area contributed by atoms with Crippen molar-refractivity contribution in [1.29, 1.82) is 5.41 Å². The Hall–Kier alpha value is -0.890. The van der Waals surface area contributed by atoms with E-state index in [-0.39, 0.29) is 0 Å². The van der Waals surface area contributed by atoms with Crippen LogP contribution in [0, 0.1) is 5.41 Å². The molecule has 14 heavy (non-hydrogen) atoms. The topological polar surface area (TPSA) is 27.1 Å². The molecule has 1 saturated heterocycles. The lowest BCUT2D eigenvalue weighted by atomic mass is 10.2. The average Bonchev–Trinajstić information content (AvgIpc) is 2.64. The van der Waals surface area contributed by atoms with Crippen molar-refractivity contribution in [2.24, 2.45) is 0 Å². The summed E-state index contributed by atoms with van der Waals surface area (Å²) in [4.78, 5) is 2.47. The minimum absolute atomic E-state index is 0.616. The largest absolute Gasteiger partial charge is 0.306 e. The molecule has 78 valence electrons. The highest BCUT2D eigenvalue weighted by Gasteiger charge is 2.11. The summed E-state index contributed by atoms with van der Waals surface area (Å²) >= 11 is 0. The standard InChI is InChI=1S/C12H20N2/c1-3-12(7-6-11(2)13)10-14-8-4-5-9-14/h3,6-7,13H,4-5,8-10H2,1-2H3/b7-6-,12-3+,13-11?. The molecule has 0 aromatic carbocycles.